The van der Waals surface area contributed by atoms with Crippen LogP contribution in [0.1, 0.15) is 22.4 Å². The molecule has 27 heavy (non-hydrogen) atoms. The largest absolute Gasteiger partial charge is 0.419 e. The van der Waals surface area contributed by atoms with Gasteiger partial charge in [-0.1, -0.05) is 0 Å². The molecule has 0 saturated heterocycles. The minimum Gasteiger partial charge on any atom is -0.368 e. The lowest BCUT2D eigenvalue weighted by Crippen LogP contribution is -2.39. The van der Waals surface area contributed by atoms with Crippen LogP contribution in [-0.2, 0) is 12.7 Å². The SMILES string of the molecule is CCNC(=NCc1ncc(C)s1)NCCNc1ncccc1C(F)(F)F.I. The quantitative estimate of drug-likeness (QED) is 0.228. The first kappa shape index (κ1) is 23.4. The van der Waals surface area contributed by atoms with Crippen molar-refractivity contribution in [1.82, 2.24) is 20.6 Å². The van der Waals surface area contributed by atoms with Crippen LogP contribution in [0.4, 0.5) is 19.0 Å². The second-order valence-corrected chi connectivity index (χ2v) is 6.63. The molecule has 0 aliphatic heterocycles. The summed E-state index contributed by atoms with van der Waals surface area (Å²) in [5.41, 5.74) is -0.778. The number of aromatic nitrogens is 2. The highest BCUT2D eigenvalue weighted by Gasteiger charge is 2.33. The van der Waals surface area contributed by atoms with Gasteiger partial charge in [-0.15, -0.1) is 35.3 Å². The Bertz CT molecular complexity index is 735. The molecule has 0 atom stereocenters. The monoisotopic (exact) mass is 514 g/mol. The molecule has 0 fully saturated rings. The standard InChI is InChI=1S/C16H21F3N6S.HI/c1-3-20-15(25-10-13-24-9-11(2)26-13)23-8-7-22-14-12(16(17,18)19)5-4-6-21-14;/h4-6,9H,3,7-8,10H2,1-2H3,(H,21,22)(H2,20,23,25);1H. The van der Waals surface area contributed by atoms with Gasteiger partial charge in [0.2, 0.25) is 0 Å². The van der Waals surface area contributed by atoms with Crippen LogP contribution < -0.4 is 16.0 Å². The smallest absolute Gasteiger partial charge is 0.368 e. The molecule has 11 heteroatoms. The summed E-state index contributed by atoms with van der Waals surface area (Å²) < 4.78 is 38.8. The fourth-order valence-electron chi connectivity index (χ4n) is 2.10. The highest BCUT2D eigenvalue weighted by atomic mass is 127. The number of aliphatic imine (C=N–C) groups is 1. The van der Waals surface area contributed by atoms with Crippen molar-refractivity contribution in [3.8, 4) is 0 Å². The van der Waals surface area contributed by atoms with Crippen LogP contribution in [0, 0.1) is 6.92 Å². The van der Waals surface area contributed by atoms with E-state index in [-0.39, 0.29) is 36.3 Å². The zero-order chi connectivity index (χ0) is 19.0. The number of pyridine rings is 1. The molecule has 2 aromatic rings. The second-order valence-electron chi connectivity index (χ2n) is 5.31. The topological polar surface area (TPSA) is 74.2 Å². The van der Waals surface area contributed by atoms with Crippen molar-refractivity contribution >= 4 is 47.1 Å². The average molecular weight is 514 g/mol. The molecule has 6 nitrogen and oxygen atoms in total. The first-order chi connectivity index (χ1) is 12.4. The molecule has 0 spiro atoms. The van der Waals surface area contributed by atoms with Gasteiger partial charge in [-0.25, -0.2) is 15.0 Å². The Hall–Kier alpha value is -1.63. The molecule has 0 aliphatic rings. The van der Waals surface area contributed by atoms with Crippen molar-refractivity contribution in [3.63, 3.8) is 0 Å². The first-order valence-corrected chi connectivity index (χ1v) is 8.91. The Morgan fingerprint density at radius 2 is 2.00 bits per heavy atom. The van der Waals surface area contributed by atoms with E-state index in [0.717, 1.165) is 16.0 Å². The lowest BCUT2D eigenvalue weighted by Gasteiger charge is -2.14. The summed E-state index contributed by atoms with van der Waals surface area (Å²) in [5, 5.41) is 9.77. The van der Waals surface area contributed by atoms with Crippen LogP contribution in [0.2, 0.25) is 0 Å². The van der Waals surface area contributed by atoms with Crippen molar-refractivity contribution in [3.05, 3.63) is 40.0 Å². The molecule has 0 aliphatic carbocycles. The van der Waals surface area contributed by atoms with Gasteiger partial charge in [0, 0.05) is 36.9 Å². The molecule has 150 valence electrons. The van der Waals surface area contributed by atoms with Gasteiger partial charge in [-0.3, -0.25) is 0 Å². The third kappa shape index (κ3) is 7.87. The number of nitrogens with zero attached hydrogens (tertiary/aromatic N) is 3. The van der Waals surface area contributed by atoms with Crippen LogP contribution >= 0.6 is 35.3 Å². The molecule has 3 N–H and O–H groups in total. The van der Waals surface area contributed by atoms with E-state index in [1.54, 1.807) is 17.5 Å². The van der Waals surface area contributed by atoms with Crippen molar-refractivity contribution in [2.45, 2.75) is 26.6 Å². The molecule has 2 heterocycles. The van der Waals surface area contributed by atoms with E-state index in [0.29, 0.717) is 25.6 Å². The lowest BCUT2D eigenvalue weighted by atomic mass is 10.2. The van der Waals surface area contributed by atoms with Gasteiger partial charge >= 0.3 is 6.18 Å². The van der Waals surface area contributed by atoms with Gasteiger partial charge in [0.25, 0.3) is 0 Å². The number of hydrogen-bond donors (Lipinski definition) is 3. The summed E-state index contributed by atoms with van der Waals surface area (Å²) in [5.74, 6) is 0.404. The summed E-state index contributed by atoms with van der Waals surface area (Å²) in [4.78, 5) is 13.5. The predicted molar refractivity (Wildman–Crippen MR) is 113 cm³/mol. The van der Waals surface area contributed by atoms with Gasteiger partial charge in [0.1, 0.15) is 10.8 Å². The zero-order valence-electron chi connectivity index (χ0n) is 14.9. The number of hydrogen-bond acceptors (Lipinski definition) is 5. The van der Waals surface area contributed by atoms with E-state index < -0.39 is 11.7 Å². The minimum atomic E-state index is -4.44. The summed E-state index contributed by atoms with van der Waals surface area (Å²) >= 11 is 1.58. The number of alkyl halides is 3. The first-order valence-electron chi connectivity index (χ1n) is 8.09. The van der Waals surface area contributed by atoms with Crippen molar-refractivity contribution in [2.75, 3.05) is 25.0 Å². The van der Waals surface area contributed by atoms with Crippen LogP contribution in [0.5, 0.6) is 0 Å². The zero-order valence-corrected chi connectivity index (χ0v) is 18.1. The van der Waals surface area contributed by atoms with Gasteiger partial charge in [-0.2, -0.15) is 13.2 Å². The van der Waals surface area contributed by atoms with Gasteiger partial charge in [0.05, 0.1) is 12.1 Å². The number of guanidine groups is 1. The van der Waals surface area contributed by atoms with Crippen molar-refractivity contribution in [2.24, 2.45) is 4.99 Å². The minimum absolute atomic E-state index is 0. The van der Waals surface area contributed by atoms with E-state index in [1.165, 1.54) is 12.3 Å². The Morgan fingerprint density at radius 3 is 2.63 bits per heavy atom. The summed E-state index contributed by atoms with van der Waals surface area (Å²) in [6, 6.07) is 2.27. The number of nitrogens with one attached hydrogen (secondary N) is 3. The van der Waals surface area contributed by atoms with E-state index in [4.69, 9.17) is 0 Å². The van der Waals surface area contributed by atoms with Gasteiger partial charge < -0.3 is 16.0 Å². The molecule has 0 unspecified atom stereocenters. The molecular formula is C16H22F3IN6S. The van der Waals surface area contributed by atoms with Gasteiger partial charge in [0.15, 0.2) is 5.96 Å². The molecule has 0 radical (unpaired) electrons. The molecule has 0 saturated carbocycles. The molecule has 2 aromatic heterocycles. The predicted octanol–water partition coefficient (Wildman–Crippen LogP) is 3.65. The Kier molecular flexibility index (Phi) is 9.77. The molecule has 0 bridgehead atoms. The van der Waals surface area contributed by atoms with E-state index in [9.17, 15) is 13.2 Å². The number of halogens is 4. The third-order valence-corrected chi connectivity index (χ3v) is 4.11. The number of thiazole rings is 1. The second kappa shape index (κ2) is 11.3. The normalized spacial score (nSPS) is 11.7. The Morgan fingerprint density at radius 1 is 1.22 bits per heavy atom. The average Bonchev–Trinajstić information content (AvgIpc) is 3.01. The fraction of sp³-hybridized carbons (Fsp3) is 0.438. The summed E-state index contributed by atoms with van der Waals surface area (Å²) in [6.45, 7) is 5.69. The van der Waals surface area contributed by atoms with Crippen molar-refractivity contribution < 1.29 is 13.2 Å². The maximum absolute atomic E-state index is 12.9. The molecule has 0 amide bonds. The number of aryl methyl sites for hydroxylation is 1. The summed E-state index contributed by atoms with van der Waals surface area (Å²) in [6.07, 6.45) is -1.32. The Balaban J connectivity index is 0.00000364. The van der Waals surface area contributed by atoms with Crippen LogP contribution in [0.15, 0.2) is 29.5 Å². The maximum atomic E-state index is 12.9. The highest BCUT2D eigenvalue weighted by molar-refractivity contribution is 14.0. The molecule has 2 rings (SSSR count). The Labute approximate surface area is 177 Å². The summed E-state index contributed by atoms with van der Waals surface area (Å²) in [7, 11) is 0. The molecular weight excluding hydrogens is 492 g/mol. The maximum Gasteiger partial charge on any atom is 0.419 e. The lowest BCUT2D eigenvalue weighted by molar-refractivity contribution is -0.137. The molecule has 0 aromatic carbocycles. The van der Waals surface area contributed by atoms with Crippen LogP contribution in [0.3, 0.4) is 0 Å². The fourth-order valence-corrected chi connectivity index (χ4v) is 2.81. The van der Waals surface area contributed by atoms with Gasteiger partial charge in [-0.05, 0) is 26.0 Å². The van der Waals surface area contributed by atoms with E-state index in [1.807, 2.05) is 13.8 Å². The van der Waals surface area contributed by atoms with Crippen LogP contribution in [-0.4, -0.2) is 35.6 Å². The third-order valence-electron chi connectivity index (χ3n) is 3.21. The van der Waals surface area contributed by atoms with E-state index >= 15 is 0 Å². The van der Waals surface area contributed by atoms with Crippen LogP contribution in [0.25, 0.3) is 0 Å². The van der Waals surface area contributed by atoms with Crippen molar-refractivity contribution in [1.29, 1.82) is 0 Å². The number of rotatable bonds is 7. The number of anilines is 1. The van der Waals surface area contributed by atoms with E-state index in [2.05, 4.69) is 30.9 Å². The highest BCUT2D eigenvalue weighted by Crippen LogP contribution is 2.33.